The number of likely N-dealkylation sites (N-methyl/N-ethyl adjacent to an activating group) is 1. The number of hydrogen-bond donors (Lipinski definition) is 1. The molecule has 0 saturated carbocycles. The van der Waals surface area contributed by atoms with Crippen molar-refractivity contribution >= 4 is 5.97 Å². The topological polar surface area (TPSA) is 41.6 Å². The predicted octanol–water partition coefficient (Wildman–Crippen LogP) is 1.79. The van der Waals surface area contributed by atoms with Gasteiger partial charge < -0.3 is 15.0 Å². The van der Waals surface area contributed by atoms with Crippen LogP contribution in [0.3, 0.4) is 0 Å². The molecule has 1 saturated heterocycles. The third kappa shape index (κ3) is 5.83. The molecular formula is C14H28N2O2. The Morgan fingerprint density at radius 1 is 1.22 bits per heavy atom. The van der Waals surface area contributed by atoms with Gasteiger partial charge in [-0.2, -0.15) is 0 Å². The number of nitrogens with one attached hydrogen (secondary N) is 1. The van der Waals surface area contributed by atoms with Crippen molar-refractivity contribution in [2.24, 2.45) is 0 Å². The van der Waals surface area contributed by atoms with Gasteiger partial charge in [0.25, 0.3) is 0 Å². The molecule has 0 amide bonds. The van der Waals surface area contributed by atoms with Gasteiger partial charge in [0.05, 0.1) is 7.11 Å². The molecule has 0 aromatic rings. The van der Waals surface area contributed by atoms with E-state index in [2.05, 4.69) is 10.2 Å². The van der Waals surface area contributed by atoms with E-state index in [-0.39, 0.29) is 12.0 Å². The predicted molar refractivity (Wildman–Crippen MR) is 73.6 cm³/mol. The molecule has 0 bridgehead atoms. The highest BCUT2D eigenvalue weighted by Crippen LogP contribution is 2.11. The molecular weight excluding hydrogens is 228 g/mol. The summed E-state index contributed by atoms with van der Waals surface area (Å²) in [5.41, 5.74) is 0. The van der Waals surface area contributed by atoms with Crippen molar-refractivity contribution in [2.45, 2.75) is 51.5 Å². The summed E-state index contributed by atoms with van der Waals surface area (Å²) < 4.78 is 4.83. The second-order valence-corrected chi connectivity index (χ2v) is 5.03. The lowest BCUT2D eigenvalue weighted by molar-refractivity contribution is -0.143. The molecule has 1 unspecified atom stereocenters. The smallest absolute Gasteiger partial charge is 0.322 e. The average molecular weight is 256 g/mol. The van der Waals surface area contributed by atoms with Crippen LogP contribution in [0.25, 0.3) is 0 Å². The summed E-state index contributed by atoms with van der Waals surface area (Å²) in [6.07, 6.45) is 7.53. The van der Waals surface area contributed by atoms with Gasteiger partial charge in [0.1, 0.15) is 6.04 Å². The maximum Gasteiger partial charge on any atom is 0.322 e. The molecule has 1 heterocycles. The molecule has 1 fully saturated rings. The zero-order chi connectivity index (χ0) is 13.2. The summed E-state index contributed by atoms with van der Waals surface area (Å²) in [7, 11) is 1.46. The molecule has 1 aliphatic rings. The summed E-state index contributed by atoms with van der Waals surface area (Å²) >= 11 is 0. The summed E-state index contributed by atoms with van der Waals surface area (Å²) in [6.45, 7) is 6.18. The Balaban J connectivity index is 2.32. The lowest BCUT2D eigenvalue weighted by Gasteiger charge is -2.26. The van der Waals surface area contributed by atoms with E-state index in [9.17, 15) is 4.79 Å². The van der Waals surface area contributed by atoms with Crippen LogP contribution >= 0.6 is 0 Å². The number of nitrogens with zero attached hydrogens (tertiary/aromatic N) is 1. The highest BCUT2D eigenvalue weighted by atomic mass is 16.5. The fraction of sp³-hybridized carbons (Fsp3) is 0.929. The first-order chi connectivity index (χ1) is 8.77. The number of esters is 1. The Bertz CT molecular complexity index is 226. The third-order valence-corrected chi connectivity index (χ3v) is 3.62. The molecule has 1 rings (SSSR count). The second kappa shape index (κ2) is 9.34. The van der Waals surface area contributed by atoms with E-state index < -0.39 is 0 Å². The van der Waals surface area contributed by atoms with Gasteiger partial charge in [-0.1, -0.05) is 26.2 Å². The SMILES string of the molecule is CCNC(CCN1CCCCCCC1)C(=O)OC. The van der Waals surface area contributed by atoms with Gasteiger partial charge in [0.15, 0.2) is 0 Å². The number of rotatable bonds is 6. The Morgan fingerprint density at radius 3 is 2.39 bits per heavy atom. The number of carbonyl (C=O) groups is 1. The zero-order valence-electron chi connectivity index (χ0n) is 11.9. The highest BCUT2D eigenvalue weighted by Gasteiger charge is 2.19. The van der Waals surface area contributed by atoms with Crippen LogP contribution in [0.15, 0.2) is 0 Å². The fourth-order valence-corrected chi connectivity index (χ4v) is 2.54. The van der Waals surface area contributed by atoms with Crippen molar-refractivity contribution in [2.75, 3.05) is 33.3 Å². The van der Waals surface area contributed by atoms with E-state index in [1.54, 1.807) is 0 Å². The number of ether oxygens (including phenoxy) is 1. The van der Waals surface area contributed by atoms with Crippen LogP contribution < -0.4 is 5.32 Å². The molecule has 4 heteroatoms. The van der Waals surface area contributed by atoms with E-state index in [1.807, 2.05) is 6.92 Å². The second-order valence-electron chi connectivity index (χ2n) is 5.03. The van der Waals surface area contributed by atoms with Gasteiger partial charge >= 0.3 is 5.97 Å². The van der Waals surface area contributed by atoms with Crippen LogP contribution in [-0.2, 0) is 9.53 Å². The minimum absolute atomic E-state index is 0.135. The van der Waals surface area contributed by atoms with Gasteiger partial charge in [0.2, 0.25) is 0 Å². The van der Waals surface area contributed by atoms with Gasteiger partial charge in [-0.3, -0.25) is 4.79 Å². The molecule has 0 spiro atoms. The molecule has 1 aliphatic heterocycles. The highest BCUT2D eigenvalue weighted by molar-refractivity contribution is 5.75. The zero-order valence-corrected chi connectivity index (χ0v) is 11.9. The quantitative estimate of drug-likeness (QED) is 0.736. The van der Waals surface area contributed by atoms with Crippen LogP contribution in [0, 0.1) is 0 Å². The van der Waals surface area contributed by atoms with Crippen LogP contribution in [0.5, 0.6) is 0 Å². The first kappa shape index (κ1) is 15.4. The number of methoxy groups -OCH3 is 1. The van der Waals surface area contributed by atoms with Gasteiger partial charge in [-0.25, -0.2) is 0 Å². The van der Waals surface area contributed by atoms with Crippen LogP contribution in [-0.4, -0.2) is 50.2 Å². The lowest BCUT2D eigenvalue weighted by Crippen LogP contribution is -2.41. The van der Waals surface area contributed by atoms with Gasteiger partial charge in [-0.15, -0.1) is 0 Å². The normalized spacial score (nSPS) is 19.9. The van der Waals surface area contributed by atoms with E-state index in [0.29, 0.717) is 0 Å². The summed E-state index contributed by atoms with van der Waals surface area (Å²) in [4.78, 5) is 14.1. The Morgan fingerprint density at radius 2 is 1.83 bits per heavy atom. The molecule has 1 N–H and O–H groups in total. The van der Waals surface area contributed by atoms with Crippen molar-refractivity contribution in [1.82, 2.24) is 10.2 Å². The Labute approximate surface area is 111 Å². The standard InChI is InChI=1S/C14H28N2O2/c1-3-15-13(14(17)18-2)9-12-16-10-7-5-4-6-8-11-16/h13,15H,3-12H2,1-2H3. The van der Waals surface area contributed by atoms with E-state index in [4.69, 9.17) is 4.74 Å². The summed E-state index contributed by atoms with van der Waals surface area (Å²) in [6, 6.07) is -0.148. The van der Waals surface area contributed by atoms with Crippen molar-refractivity contribution < 1.29 is 9.53 Å². The molecule has 0 aromatic carbocycles. The van der Waals surface area contributed by atoms with Crippen molar-refractivity contribution in [1.29, 1.82) is 0 Å². The van der Waals surface area contributed by atoms with E-state index in [0.717, 1.165) is 19.5 Å². The molecule has 18 heavy (non-hydrogen) atoms. The molecule has 0 radical (unpaired) electrons. The van der Waals surface area contributed by atoms with Crippen molar-refractivity contribution in [3.05, 3.63) is 0 Å². The largest absolute Gasteiger partial charge is 0.468 e. The minimum atomic E-state index is -0.148. The Kier molecular flexibility index (Phi) is 8.01. The molecule has 4 nitrogen and oxygen atoms in total. The fourth-order valence-electron chi connectivity index (χ4n) is 2.54. The summed E-state index contributed by atoms with van der Waals surface area (Å²) in [5, 5.41) is 3.20. The van der Waals surface area contributed by atoms with Crippen LogP contribution in [0.2, 0.25) is 0 Å². The maximum atomic E-state index is 11.6. The van der Waals surface area contributed by atoms with Crippen molar-refractivity contribution in [3.8, 4) is 0 Å². The first-order valence-electron chi connectivity index (χ1n) is 7.31. The lowest BCUT2D eigenvalue weighted by atomic mass is 10.1. The minimum Gasteiger partial charge on any atom is -0.468 e. The van der Waals surface area contributed by atoms with E-state index >= 15 is 0 Å². The molecule has 106 valence electrons. The number of likely N-dealkylation sites (tertiary alicyclic amines) is 1. The molecule has 0 aliphatic carbocycles. The number of hydrogen-bond acceptors (Lipinski definition) is 4. The first-order valence-corrected chi connectivity index (χ1v) is 7.31. The van der Waals surface area contributed by atoms with Crippen LogP contribution in [0.1, 0.15) is 45.4 Å². The summed E-state index contributed by atoms with van der Waals surface area (Å²) in [5.74, 6) is -0.135. The van der Waals surface area contributed by atoms with Crippen molar-refractivity contribution in [3.63, 3.8) is 0 Å². The van der Waals surface area contributed by atoms with Crippen LogP contribution in [0.4, 0.5) is 0 Å². The third-order valence-electron chi connectivity index (χ3n) is 3.62. The molecule has 1 atom stereocenters. The maximum absolute atomic E-state index is 11.6. The number of carbonyl (C=O) groups excluding carboxylic acids is 1. The van der Waals surface area contributed by atoms with E-state index in [1.165, 1.54) is 52.3 Å². The Hall–Kier alpha value is -0.610. The van der Waals surface area contributed by atoms with Gasteiger partial charge in [-0.05, 0) is 38.9 Å². The van der Waals surface area contributed by atoms with Gasteiger partial charge in [0, 0.05) is 6.54 Å². The molecule has 0 aromatic heterocycles. The monoisotopic (exact) mass is 256 g/mol. The average Bonchev–Trinajstić information content (AvgIpc) is 2.35.